The number of nitrogens with zero attached hydrogens (tertiary/aromatic N) is 2. The Labute approximate surface area is 98.4 Å². The highest BCUT2D eigenvalue weighted by Gasteiger charge is 2.37. The minimum Gasteiger partial charge on any atom is -0.317 e. The van der Waals surface area contributed by atoms with Crippen molar-refractivity contribution in [3.05, 3.63) is 17.5 Å². The van der Waals surface area contributed by atoms with Crippen LogP contribution >= 0.6 is 11.6 Å². The second-order valence-electron chi connectivity index (χ2n) is 4.04. The number of anilines is 1. The van der Waals surface area contributed by atoms with Crippen molar-refractivity contribution in [2.45, 2.75) is 31.2 Å². The molecule has 0 radical (unpaired) electrons. The predicted molar refractivity (Wildman–Crippen MR) is 61.1 cm³/mol. The average Bonchev–Trinajstić information content (AvgIpc) is 2.66. The molecule has 16 heavy (non-hydrogen) atoms. The van der Waals surface area contributed by atoms with Gasteiger partial charge in [0.1, 0.15) is 17.3 Å². The average molecular weight is 241 g/mol. The largest absolute Gasteiger partial charge is 0.317 e. The quantitative estimate of drug-likeness (QED) is 0.765. The zero-order chi connectivity index (χ0) is 11.6. The maximum Gasteiger partial charge on any atom is 0.245 e. The van der Waals surface area contributed by atoms with Crippen LogP contribution in [-0.2, 0) is 4.79 Å². The van der Waals surface area contributed by atoms with Crippen LogP contribution < -0.4 is 11.1 Å². The lowest BCUT2D eigenvalue weighted by atomic mass is 9.98. The Hall–Kier alpha value is -1.20. The summed E-state index contributed by atoms with van der Waals surface area (Å²) in [4.78, 5) is 19.5. The fraction of sp³-hybridized carbons (Fsp3) is 0.500. The van der Waals surface area contributed by atoms with Gasteiger partial charge in [-0.15, -0.1) is 0 Å². The molecule has 1 aromatic heterocycles. The van der Waals surface area contributed by atoms with Crippen LogP contribution in [0.15, 0.2) is 12.4 Å². The SMILES string of the molecule is NC1(C(=O)Nc2cc(Cl)ncn2)CCCC1. The van der Waals surface area contributed by atoms with E-state index in [-0.39, 0.29) is 5.91 Å². The van der Waals surface area contributed by atoms with E-state index in [9.17, 15) is 4.79 Å². The van der Waals surface area contributed by atoms with Crippen molar-refractivity contribution in [1.29, 1.82) is 0 Å². The lowest BCUT2D eigenvalue weighted by molar-refractivity contribution is -0.121. The van der Waals surface area contributed by atoms with E-state index >= 15 is 0 Å². The van der Waals surface area contributed by atoms with Gasteiger partial charge in [0.2, 0.25) is 5.91 Å². The molecule has 0 aromatic carbocycles. The summed E-state index contributed by atoms with van der Waals surface area (Å²) in [5.41, 5.74) is 5.25. The molecule has 1 fully saturated rings. The number of rotatable bonds is 2. The van der Waals surface area contributed by atoms with Crippen LogP contribution in [0.3, 0.4) is 0 Å². The number of carbonyl (C=O) groups excluding carboxylic acids is 1. The summed E-state index contributed by atoms with van der Waals surface area (Å²) in [6, 6.07) is 1.50. The molecule has 6 heteroatoms. The first kappa shape index (κ1) is 11.3. The number of aromatic nitrogens is 2. The molecule has 1 heterocycles. The van der Waals surface area contributed by atoms with Gasteiger partial charge >= 0.3 is 0 Å². The molecule has 0 aliphatic heterocycles. The Morgan fingerprint density at radius 3 is 2.75 bits per heavy atom. The summed E-state index contributed by atoms with van der Waals surface area (Å²) in [6.45, 7) is 0. The van der Waals surface area contributed by atoms with Crippen molar-refractivity contribution in [2.75, 3.05) is 5.32 Å². The smallest absolute Gasteiger partial charge is 0.245 e. The number of carbonyl (C=O) groups is 1. The Bertz CT molecular complexity index is 404. The van der Waals surface area contributed by atoms with Crippen molar-refractivity contribution in [3.8, 4) is 0 Å². The van der Waals surface area contributed by atoms with Gasteiger partial charge in [-0.3, -0.25) is 4.79 Å². The monoisotopic (exact) mass is 240 g/mol. The highest BCUT2D eigenvalue weighted by Crippen LogP contribution is 2.28. The minimum absolute atomic E-state index is 0.195. The van der Waals surface area contributed by atoms with Gasteiger partial charge in [0.25, 0.3) is 0 Å². The van der Waals surface area contributed by atoms with E-state index in [2.05, 4.69) is 15.3 Å². The van der Waals surface area contributed by atoms with Crippen LogP contribution in [0.1, 0.15) is 25.7 Å². The number of nitrogens with two attached hydrogens (primary N) is 1. The third-order valence-electron chi connectivity index (χ3n) is 2.82. The second-order valence-corrected chi connectivity index (χ2v) is 4.43. The van der Waals surface area contributed by atoms with Crippen molar-refractivity contribution in [1.82, 2.24) is 9.97 Å². The predicted octanol–water partition coefficient (Wildman–Crippen LogP) is 1.34. The molecule has 1 saturated carbocycles. The van der Waals surface area contributed by atoms with E-state index in [1.165, 1.54) is 12.4 Å². The first-order valence-electron chi connectivity index (χ1n) is 5.18. The van der Waals surface area contributed by atoms with Crippen molar-refractivity contribution in [3.63, 3.8) is 0 Å². The standard InChI is InChI=1S/C10H13ClN4O/c11-7-5-8(14-6-13-7)15-9(16)10(12)3-1-2-4-10/h5-6H,1-4,12H2,(H,13,14,15,16). The summed E-state index contributed by atoms with van der Waals surface area (Å²) < 4.78 is 0. The molecule has 5 nitrogen and oxygen atoms in total. The van der Waals surface area contributed by atoms with E-state index in [1.807, 2.05) is 0 Å². The molecule has 0 unspecified atom stereocenters. The molecular weight excluding hydrogens is 228 g/mol. The van der Waals surface area contributed by atoms with Gasteiger partial charge in [-0.25, -0.2) is 9.97 Å². The summed E-state index contributed by atoms with van der Waals surface area (Å²) in [5.74, 6) is 0.196. The molecule has 3 N–H and O–H groups in total. The molecule has 1 aliphatic rings. The van der Waals surface area contributed by atoms with Gasteiger partial charge in [-0.1, -0.05) is 24.4 Å². The van der Waals surface area contributed by atoms with Crippen molar-refractivity contribution >= 4 is 23.3 Å². The van der Waals surface area contributed by atoms with Crippen LogP contribution in [0, 0.1) is 0 Å². The first-order valence-corrected chi connectivity index (χ1v) is 5.56. The molecule has 2 rings (SSSR count). The maximum atomic E-state index is 11.9. The lowest BCUT2D eigenvalue weighted by Gasteiger charge is -2.21. The fourth-order valence-electron chi connectivity index (χ4n) is 1.88. The Kier molecular flexibility index (Phi) is 3.07. The summed E-state index contributed by atoms with van der Waals surface area (Å²) in [7, 11) is 0. The Morgan fingerprint density at radius 1 is 1.44 bits per heavy atom. The number of amides is 1. The summed E-state index contributed by atoms with van der Waals surface area (Å²) in [6.07, 6.45) is 4.73. The van der Waals surface area contributed by atoms with Crippen molar-refractivity contribution < 1.29 is 4.79 Å². The number of hydrogen-bond donors (Lipinski definition) is 2. The van der Waals surface area contributed by atoms with Crippen LogP contribution in [0.4, 0.5) is 5.82 Å². The van der Waals surface area contributed by atoms with E-state index in [4.69, 9.17) is 17.3 Å². The highest BCUT2D eigenvalue weighted by molar-refractivity contribution is 6.29. The highest BCUT2D eigenvalue weighted by atomic mass is 35.5. The van der Waals surface area contributed by atoms with Crippen molar-refractivity contribution in [2.24, 2.45) is 5.73 Å². The van der Waals surface area contributed by atoms with Gasteiger partial charge in [0.15, 0.2) is 0 Å². The van der Waals surface area contributed by atoms with Gasteiger partial charge < -0.3 is 11.1 Å². The van der Waals surface area contributed by atoms with Crippen LogP contribution in [0.5, 0.6) is 0 Å². The molecule has 0 spiro atoms. The number of halogens is 1. The molecule has 0 saturated heterocycles. The van der Waals surface area contributed by atoms with E-state index in [0.717, 1.165) is 25.7 Å². The molecule has 0 atom stereocenters. The first-order chi connectivity index (χ1) is 7.60. The fourth-order valence-corrected chi connectivity index (χ4v) is 2.02. The number of nitrogens with one attached hydrogen (secondary N) is 1. The van der Waals surface area contributed by atoms with E-state index in [0.29, 0.717) is 11.0 Å². The molecule has 0 bridgehead atoms. The third-order valence-corrected chi connectivity index (χ3v) is 3.03. The summed E-state index contributed by atoms with van der Waals surface area (Å²) in [5, 5.41) is 2.96. The lowest BCUT2D eigenvalue weighted by Crippen LogP contribution is -2.48. The third kappa shape index (κ3) is 2.31. The van der Waals surface area contributed by atoms with E-state index < -0.39 is 5.54 Å². The van der Waals surface area contributed by atoms with E-state index in [1.54, 1.807) is 0 Å². The Balaban J connectivity index is 2.07. The van der Waals surface area contributed by atoms with Gasteiger partial charge in [0.05, 0.1) is 5.54 Å². The zero-order valence-electron chi connectivity index (χ0n) is 8.74. The Morgan fingerprint density at radius 2 is 2.12 bits per heavy atom. The molecule has 1 amide bonds. The minimum atomic E-state index is -0.753. The normalized spacial score (nSPS) is 18.4. The van der Waals surface area contributed by atoms with Gasteiger partial charge in [0, 0.05) is 6.07 Å². The molecule has 1 aromatic rings. The summed E-state index contributed by atoms with van der Waals surface area (Å²) >= 11 is 5.69. The molecule has 86 valence electrons. The zero-order valence-corrected chi connectivity index (χ0v) is 9.50. The van der Waals surface area contributed by atoms with Crippen LogP contribution in [0.2, 0.25) is 5.15 Å². The van der Waals surface area contributed by atoms with Crippen LogP contribution in [0.25, 0.3) is 0 Å². The van der Waals surface area contributed by atoms with Gasteiger partial charge in [-0.05, 0) is 12.8 Å². The van der Waals surface area contributed by atoms with Crippen LogP contribution in [-0.4, -0.2) is 21.4 Å². The maximum absolute atomic E-state index is 11.9. The second kappa shape index (κ2) is 4.35. The topological polar surface area (TPSA) is 80.9 Å². The van der Waals surface area contributed by atoms with Gasteiger partial charge in [-0.2, -0.15) is 0 Å². The molecular formula is C10H13ClN4O. The number of hydrogen-bond acceptors (Lipinski definition) is 4. The molecule has 1 aliphatic carbocycles.